The molecule has 0 radical (unpaired) electrons. The first-order chi connectivity index (χ1) is 16.1. The average Bonchev–Trinajstić information content (AvgIpc) is 3.30. The van der Waals surface area contributed by atoms with Crippen LogP contribution in [-0.4, -0.2) is 43.5 Å². The van der Waals surface area contributed by atoms with Crippen molar-refractivity contribution in [1.29, 1.82) is 0 Å². The summed E-state index contributed by atoms with van der Waals surface area (Å²) in [5, 5.41) is 2.92. The molecule has 0 unspecified atom stereocenters. The first kappa shape index (κ1) is 23.0. The second-order valence-electron chi connectivity index (χ2n) is 8.07. The maximum Gasteiger partial charge on any atom is 0.267 e. The Morgan fingerprint density at radius 2 is 1.79 bits per heavy atom. The number of benzene rings is 2. The zero-order valence-corrected chi connectivity index (χ0v) is 19.4. The maximum atomic E-state index is 13.7. The zero-order chi connectivity index (χ0) is 23.2. The van der Waals surface area contributed by atoms with Gasteiger partial charge in [0.15, 0.2) is 0 Å². The second kappa shape index (κ2) is 10.6. The molecule has 1 aromatic heterocycles. The highest BCUT2D eigenvalue weighted by Gasteiger charge is 2.30. The van der Waals surface area contributed by atoms with Gasteiger partial charge in [0.25, 0.3) is 5.91 Å². The van der Waals surface area contributed by atoms with Crippen LogP contribution in [0.3, 0.4) is 0 Å². The Balaban J connectivity index is 1.31. The number of ether oxygens (including phenoxy) is 1. The van der Waals surface area contributed by atoms with E-state index in [4.69, 9.17) is 4.74 Å². The molecule has 2 amide bonds. The van der Waals surface area contributed by atoms with Gasteiger partial charge in [-0.25, -0.2) is 4.39 Å². The van der Waals surface area contributed by atoms with Crippen LogP contribution in [0, 0.1) is 11.7 Å². The van der Waals surface area contributed by atoms with E-state index in [0.29, 0.717) is 55.1 Å². The number of hydrogen-bond acceptors (Lipinski definition) is 4. The highest BCUT2D eigenvalue weighted by molar-refractivity contribution is 7.17. The molecule has 1 N–H and O–H groups in total. The fourth-order valence-electron chi connectivity index (χ4n) is 4.07. The Hall–Kier alpha value is -3.19. The number of likely N-dealkylation sites (tertiary alicyclic amines) is 1. The summed E-state index contributed by atoms with van der Waals surface area (Å²) < 4.78 is 19.2. The smallest absolute Gasteiger partial charge is 0.267 e. The minimum absolute atomic E-state index is 0.0292. The van der Waals surface area contributed by atoms with E-state index in [1.165, 1.54) is 17.4 Å². The molecule has 0 spiro atoms. The maximum absolute atomic E-state index is 13.7. The van der Waals surface area contributed by atoms with Crippen molar-refractivity contribution in [2.24, 2.45) is 5.92 Å². The number of nitrogens with one attached hydrogen (secondary N) is 1. The highest BCUT2D eigenvalue weighted by Crippen LogP contribution is 2.37. The lowest BCUT2D eigenvalue weighted by molar-refractivity contribution is -0.126. The van der Waals surface area contributed by atoms with Crippen molar-refractivity contribution in [2.75, 3.05) is 26.7 Å². The fourth-order valence-corrected chi connectivity index (χ4v) is 5.17. The van der Waals surface area contributed by atoms with Gasteiger partial charge in [0.2, 0.25) is 5.91 Å². The van der Waals surface area contributed by atoms with Crippen molar-refractivity contribution in [3.8, 4) is 16.2 Å². The molecule has 0 saturated carbocycles. The van der Waals surface area contributed by atoms with Crippen LogP contribution in [0.2, 0.25) is 0 Å². The lowest BCUT2D eigenvalue weighted by Crippen LogP contribution is -2.43. The minimum atomic E-state index is -0.252. The molecule has 1 aliphatic rings. The average molecular weight is 467 g/mol. The summed E-state index contributed by atoms with van der Waals surface area (Å²) in [6, 6.07) is 18.4. The molecule has 4 rings (SSSR count). The molecule has 5 nitrogen and oxygen atoms in total. The van der Waals surface area contributed by atoms with E-state index in [2.05, 4.69) is 5.32 Å². The van der Waals surface area contributed by atoms with Gasteiger partial charge in [-0.1, -0.05) is 48.5 Å². The van der Waals surface area contributed by atoms with E-state index in [1.54, 1.807) is 30.2 Å². The SMILES string of the molecule is COc1cc(-c2ccccc2)sc1C(=O)N1CCC(C(=O)NCCc2ccccc2F)CC1. The molecule has 0 aliphatic carbocycles. The number of thiophene rings is 1. The molecular weight excluding hydrogens is 439 g/mol. The van der Waals surface area contributed by atoms with Gasteiger partial charge in [-0.05, 0) is 42.5 Å². The molecule has 1 saturated heterocycles. The van der Waals surface area contributed by atoms with Crippen molar-refractivity contribution in [1.82, 2.24) is 10.2 Å². The molecule has 0 bridgehead atoms. The quantitative estimate of drug-likeness (QED) is 0.546. The monoisotopic (exact) mass is 466 g/mol. The number of carbonyl (C=O) groups excluding carboxylic acids is 2. The molecule has 3 aromatic rings. The lowest BCUT2D eigenvalue weighted by atomic mass is 9.95. The standard InChI is InChI=1S/C26H27FN2O3S/c1-32-22-17-23(19-8-3-2-4-9-19)33-24(22)26(31)29-15-12-20(13-16-29)25(30)28-14-11-18-7-5-6-10-21(18)27/h2-10,17,20H,11-16H2,1H3,(H,28,30). The van der Waals surface area contributed by atoms with Gasteiger partial charge in [0, 0.05) is 30.4 Å². The largest absolute Gasteiger partial charge is 0.495 e. The van der Waals surface area contributed by atoms with Crippen LogP contribution in [0.4, 0.5) is 4.39 Å². The van der Waals surface area contributed by atoms with Crippen LogP contribution in [0.15, 0.2) is 60.7 Å². The first-order valence-corrected chi connectivity index (χ1v) is 11.9. The number of halogens is 1. The summed E-state index contributed by atoms with van der Waals surface area (Å²) in [5.74, 6) is 0.102. The molecule has 1 aliphatic heterocycles. The number of piperidine rings is 1. The van der Waals surface area contributed by atoms with E-state index < -0.39 is 0 Å². The van der Waals surface area contributed by atoms with Crippen LogP contribution in [-0.2, 0) is 11.2 Å². The molecule has 172 valence electrons. The zero-order valence-electron chi connectivity index (χ0n) is 18.6. The molecule has 2 heterocycles. The van der Waals surface area contributed by atoms with Crippen LogP contribution in [0.1, 0.15) is 28.1 Å². The number of hydrogen-bond donors (Lipinski definition) is 1. The highest BCUT2D eigenvalue weighted by atomic mass is 32.1. The van der Waals surface area contributed by atoms with Crippen LogP contribution >= 0.6 is 11.3 Å². The Kier molecular flexibility index (Phi) is 7.40. The molecule has 33 heavy (non-hydrogen) atoms. The van der Waals surface area contributed by atoms with E-state index in [0.717, 1.165) is 10.4 Å². The van der Waals surface area contributed by atoms with E-state index in [-0.39, 0.29) is 23.5 Å². The molecule has 2 aromatic carbocycles. The molecule has 7 heteroatoms. The van der Waals surface area contributed by atoms with Gasteiger partial charge >= 0.3 is 0 Å². The third-order valence-corrected chi connectivity index (χ3v) is 7.13. The summed E-state index contributed by atoms with van der Waals surface area (Å²) in [6.45, 7) is 1.44. The molecular formula is C26H27FN2O3S. The van der Waals surface area contributed by atoms with Crippen molar-refractivity contribution in [3.05, 3.63) is 76.9 Å². The van der Waals surface area contributed by atoms with Crippen LogP contribution < -0.4 is 10.1 Å². The second-order valence-corrected chi connectivity index (χ2v) is 9.13. The predicted octanol–water partition coefficient (Wildman–Crippen LogP) is 4.77. The summed E-state index contributed by atoms with van der Waals surface area (Å²) in [5.41, 5.74) is 1.64. The van der Waals surface area contributed by atoms with Crippen molar-refractivity contribution in [3.63, 3.8) is 0 Å². The Morgan fingerprint density at radius 1 is 1.09 bits per heavy atom. The predicted molar refractivity (Wildman–Crippen MR) is 128 cm³/mol. The summed E-state index contributed by atoms with van der Waals surface area (Å²) in [6.07, 6.45) is 1.67. The Morgan fingerprint density at radius 3 is 2.48 bits per heavy atom. The van der Waals surface area contributed by atoms with Crippen molar-refractivity contribution >= 4 is 23.2 Å². The number of amides is 2. The van der Waals surface area contributed by atoms with Crippen LogP contribution in [0.5, 0.6) is 5.75 Å². The van der Waals surface area contributed by atoms with Gasteiger partial charge < -0.3 is 15.0 Å². The van der Waals surface area contributed by atoms with Gasteiger partial charge in [-0.2, -0.15) is 0 Å². The fraction of sp³-hybridized carbons (Fsp3) is 0.308. The molecule has 0 atom stereocenters. The Bertz CT molecular complexity index is 1110. The van der Waals surface area contributed by atoms with Crippen LogP contribution in [0.25, 0.3) is 10.4 Å². The third-order valence-electron chi connectivity index (χ3n) is 5.97. The van der Waals surface area contributed by atoms with Gasteiger partial charge in [0.05, 0.1) is 7.11 Å². The topological polar surface area (TPSA) is 58.6 Å². The van der Waals surface area contributed by atoms with Gasteiger partial charge in [-0.15, -0.1) is 11.3 Å². The first-order valence-electron chi connectivity index (χ1n) is 11.1. The third kappa shape index (κ3) is 5.42. The number of rotatable bonds is 7. The van der Waals surface area contributed by atoms with Crippen molar-refractivity contribution in [2.45, 2.75) is 19.3 Å². The van der Waals surface area contributed by atoms with E-state index in [1.807, 2.05) is 36.4 Å². The number of carbonyl (C=O) groups is 2. The number of nitrogens with zero attached hydrogens (tertiary/aromatic N) is 1. The Labute approximate surface area is 197 Å². The van der Waals surface area contributed by atoms with E-state index in [9.17, 15) is 14.0 Å². The summed E-state index contributed by atoms with van der Waals surface area (Å²) in [7, 11) is 1.57. The van der Waals surface area contributed by atoms with Gasteiger partial charge in [0.1, 0.15) is 16.4 Å². The van der Waals surface area contributed by atoms with Crippen molar-refractivity contribution < 1.29 is 18.7 Å². The minimum Gasteiger partial charge on any atom is -0.495 e. The lowest BCUT2D eigenvalue weighted by Gasteiger charge is -2.31. The van der Waals surface area contributed by atoms with Gasteiger partial charge in [-0.3, -0.25) is 9.59 Å². The summed E-state index contributed by atoms with van der Waals surface area (Å²) in [4.78, 5) is 29.1. The normalized spacial score (nSPS) is 14.2. The molecule has 1 fully saturated rings. The summed E-state index contributed by atoms with van der Waals surface area (Å²) >= 11 is 1.43. The van der Waals surface area contributed by atoms with E-state index >= 15 is 0 Å². The number of methoxy groups -OCH3 is 1.